The smallest absolute Gasteiger partial charge is 0.247 e. The van der Waals surface area contributed by atoms with Gasteiger partial charge in [-0.1, -0.05) is 50.2 Å². The number of carbonyl (C=O) groups excluding carboxylic acids is 1. The third-order valence-corrected chi connectivity index (χ3v) is 7.84. The molecule has 2 fully saturated rings. The van der Waals surface area contributed by atoms with E-state index in [0.29, 0.717) is 37.2 Å². The molecule has 0 bridgehead atoms. The Bertz CT molecular complexity index is 1050. The van der Waals surface area contributed by atoms with E-state index in [1.807, 2.05) is 35.2 Å². The summed E-state index contributed by atoms with van der Waals surface area (Å²) in [7, 11) is -3.18. The summed E-state index contributed by atoms with van der Waals surface area (Å²) in [4.78, 5) is 14.8. The molecule has 0 atom stereocenters. The topological polar surface area (TPSA) is 57.7 Å². The average molecular weight is 439 g/mol. The molecule has 1 heterocycles. The fourth-order valence-corrected chi connectivity index (χ4v) is 5.49. The van der Waals surface area contributed by atoms with Crippen LogP contribution in [-0.4, -0.2) is 37.6 Å². The maximum absolute atomic E-state index is 12.9. The molecule has 6 heteroatoms. The van der Waals surface area contributed by atoms with Crippen LogP contribution in [0, 0.1) is 0 Å². The summed E-state index contributed by atoms with van der Waals surface area (Å²) in [5.41, 5.74) is 4.02. The number of amides is 1. The number of anilines is 1. The van der Waals surface area contributed by atoms with E-state index in [1.165, 1.54) is 9.87 Å². The summed E-state index contributed by atoms with van der Waals surface area (Å²) in [6, 6.07) is 16.2. The van der Waals surface area contributed by atoms with Crippen molar-refractivity contribution in [1.82, 2.24) is 4.90 Å². The number of carbonyl (C=O) groups is 1. The molecule has 1 amide bonds. The quantitative estimate of drug-likeness (QED) is 0.596. The molecule has 31 heavy (non-hydrogen) atoms. The number of sulfonamides is 1. The van der Waals surface area contributed by atoms with Crippen LogP contribution in [0.5, 0.6) is 0 Å². The Morgan fingerprint density at radius 3 is 2.32 bits per heavy atom. The molecular formula is C25H30N2O3S. The predicted molar refractivity (Wildman–Crippen MR) is 125 cm³/mol. The van der Waals surface area contributed by atoms with Gasteiger partial charge in [0, 0.05) is 25.2 Å². The van der Waals surface area contributed by atoms with Crippen molar-refractivity contribution >= 4 is 27.7 Å². The summed E-state index contributed by atoms with van der Waals surface area (Å²) in [6.45, 7) is 5.51. The van der Waals surface area contributed by atoms with Crippen molar-refractivity contribution in [3.63, 3.8) is 0 Å². The maximum Gasteiger partial charge on any atom is 0.247 e. The number of rotatable bonds is 7. The van der Waals surface area contributed by atoms with Crippen LogP contribution < -0.4 is 4.31 Å². The van der Waals surface area contributed by atoms with Crippen molar-refractivity contribution in [1.29, 1.82) is 0 Å². The minimum absolute atomic E-state index is 0.0154. The Balaban J connectivity index is 1.42. The van der Waals surface area contributed by atoms with Gasteiger partial charge in [-0.25, -0.2) is 8.42 Å². The molecule has 2 aromatic carbocycles. The number of nitrogens with zero attached hydrogens (tertiary/aromatic N) is 2. The fraction of sp³-hybridized carbons (Fsp3) is 0.400. The van der Waals surface area contributed by atoms with Gasteiger partial charge < -0.3 is 4.90 Å². The van der Waals surface area contributed by atoms with Gasteiger partial charge >= 0.3 is 0 Å². The first-order chi connectivity index (χ1) is 14.8. The van der Waals surface area contributed by atoms with E-state index in [-0.39, 0.29) is 11.7 Å². The molecule has 0 N–H and O–H groups in total. The summed E-state index contributed by atoms with van der Waals surface area (Å²) in [5.74, 6) is 0.720. The van der Waals surface area contributed by atoms with Gasteiger partial charge in [0.25, 0.3) is 0 Å². The first-order valence-electron chi connectivity index (χ1n) is 11.0. The molecule has 2 aliphatic rings. The molecule has 1 aliphatic heterocycles. The maximum atomic E-state index is 12.9. The molecule has 5 nitrogen and oxygen atoms in total. The second-order valence-electron chi connectivity index (χ2n) is 8.76. The first-order valence-corrected chi connectivity index (χ1v) is 12.6. The molecule has 0 aromatic heterocycles. The minimum atomic E-state index is -3.18. The van der Waals surface area contributed by atoms with Crippen molar-refractivity contribution in [2.45, 2.75) is 51.6 Å². The summed E-state index contributed by atoms with van der Waals surface area (Å²) < 4.78 is 25.6. The van der Waals surface area contributed by atoms with Gasteiger partial charge in [-0.2, -0.15) is 0 Å². The van der Waals surface area contributed by atoms with Crippen LogP contribution in [0.4, 0.5) is 5.69 Å². The highest BCUT2D eigenvalue weighted by Gasteiger charge is 2.31. The highest BCUT2D eigenvalue weighted by atomic mass is 32.2. The molecule has 2 aromatic rings. The van der Waals surface area contributed by atoms with Crippen LogP contribution in [0.25, 0.3) is 6.08 Å². The van der Waals surface area contributed by atoms with E-state index in [9.17, 15) is 13.2 Å². The summed E-state index contributed by atoms with van der Waals surface area (Å²) in [5, 5.41) is 0. The lowest BCUT2D eigenvalue weighted by atomic mass is 10.0. The predicted octanol–water partition coefficient (Wildman–Crippen LogP) is 4.55. The SMILES string of the molecule is CC(C)c1ccc(CN(C(=O)/C=C/c2ccc(N3CCCS3(=O)=O)cc2)C2CC2)cc1. The Morgan fingerprint density at radius 1 is 1.10 bits per heavy atom. The van der Waals surface area contributed by atoms with Crippen LogP contribution >= 0.6 is 0 Å². The summed E-state index contributed by atoms with van der Waals surface area (Å²) >= 11 is 0. The Labute approximate surface area is 185 Å². The molecule has 4 rings (SSSR count). The largest absolute Gasteiger partial charge is 0.332 e. The highest BCUT2D eigenvalue weighted by Crippen LogP contribution is 2.29. The zero-order valence-corrected chi connectivity index (χ0v) is 19.0. The lowest BCUT2D eigenvalue weighted by Crippen LogP contribution is -2.31. The van der Waals surface area contributed by atoms with Crippen LogP contribution in [0.3, 0.4) is 0 Å². The molecule has 1 saturated carbocycles. The van der Waals surface area contributed by atoms with Crippen LogP contribution in [0.15, 0.2) is 54.6 Å². The normalized spacial score (nSPS) is 18.1. The van der Waals surface area contributed by atoms with E-state index in [2.05, 4.69) is 38.1 Å². The van der Waals surface area contributed by atoms with Crippen molar-refractivity contribution in [2.75, 3.05) is 16.6 Å². The number of hydrogen-bond donors (Lipinski definition) is 0. The van der Waals surface area contributed by atoms with Gasteiger partial charge in [0.15, 0.2) is 0 Å². The van der Waals surface area contributed by atoms with Gasteiger partial charge in [-0.05, 0) is 60.1 Å². The van der Waals surface area contributed by atoms with Gasteiger partial charge in [0.05, 0.1) is 11.4 Å². The number of hydrogen-bond acceptors (Lipinski definition) is 3. The molecule has 1 saturated heterocycles. The molecule has 164 valence electrons. The van der Waals surface area contributed by atoms with Gasteiger partial charge in [-0.3, -0.25) is 9.10 Å². The van der Waals surface area contributed by atoms with E-state index >= 15 is 0 Å². The van der Waals surface area contributed by atoms with Gasteiger partial charge in [-0.15, -0.1) is 0 Å². The average Bonchev–Trinajstić information content (AvgIpc) is 3.53. The Kier molecular flexibility index (Phi) is 6.19. The fourth-order valence-electron chi connectivity index (χ4n) is 3.92. The first kappa shape index (κ1) is 21.6. The highest BCUT2D eigenvalue weighted by molar-refractivity contribution is 7.93. The zero-order valence-electron chi connectivity index (χ0n) is 18.2. The monoisotopic (exact) mass is 438 g/mol. The van der Waals surface area contributed by atoms with Crippen LogP contribution in [0.1, 0.15) is 55.7 Å². The van der Waals surface area contributed by atoms with E-state index in [1.54, 1.807) is 6.08 Å². The Morgan fingerprint density at radius 2 is 1.77 bits per heavy atom. The van der Waals surface area contributed by atoms with Gasteiger partial charge in [0.2, 0.25) is 15.9 Å². The molecule has 1 aliphatic carbocycles. The van der Waals surface area contributed by atoms with E-state index in [4.69, 9.17) is 0 Å². The lowest BCUT2D eigenvalue weighted by Gasteiger charge is -2.21. The van der Waals surface area contributed by atoms with Crippen LogP contribution in [-0.2, 0) is 21.4 Å². The number of benzene rings is 2. The van der Waals surface area contributed by atoms with Crippen molar-refractivity contribution in [3.8, 4) is 0 Å². The molecule has 0 radical (unpaired) electrons. The Hall–Kier alpha value is -2.60. The lowest BCUT2D eigenvalue weighted by molar-refractivity contribution is -0.127. The summed E-state index contributed by atoms with van der Waals surface area (Å²) in [6.07, 6.45) is 6.21. The second kappa shape index (κ2) is 8.87. The molecule has 0 spiro atoms. The van der Waals surface area contributed by atoms with Crippen molar-refractivity contribution in [3.05, 3.63) is 71.3 Å². The molecule has 0 unspecified atom stereocenters. The van der Waals surface area contributed by atoms with Crippen molar-refractivity contribution in [2.24, 2.45) is 0 Å². The zero-order chi connectivity index (χ0) is 22.0. The van der Waals surface area contributed by atoms with E-state index in [0.717, 1.165) is 24.0 Å². The molecular weight excluding hydrogens is 408 g/mol. The van der Waals surface area contributed by atoms with Gasteiger partial charge in [0.1, 0.15) is 0 Å². The van der Waals surface area contributed by atoms with E-state index < -0.39 is 10.0 Å². The van der Waals surface area contributed by atoms with Crippen molar-refractivity contribution < 1.29 is 13.2 Å². The minimum Gasteiger partial charge on any atom is -0.332 e. The van der Waals surface area contributed by atoms with Crippen LogP contribution in [0.2, 0.25) is 0 Å². The second-order valence-corrected chi connectivity index (χ2v) is 10.8. The third-order valence-electron chi connectivity index (χ3n) is 5.97. The standard InChI is InChI=1S/C25H30N2O3S/c1-19(2)22-9-4-21(5-10-22)18-26(23-13-14-23)25(28)15-8-20-6-11-24(12-7-20)27-16-3-17-31(27,29)30/h4-12,15,19,23H,3,13-14,16-18H2,1-2H3/b15-8+. The third kappa shape index (κ3) is 5.18.